The topological polar surface area (TPSA) is 63.6 Å². The number of allylic oxidation sites excluding steroid dienone is 3. The number of ether oxygens (including phenoxy) is 1. The first-order chi connectivity index (χ1) is 7.99. The summed E-state index contributed by atoms with van der Waals surface area (Å²) in [5, 5.41) is 7.60. The highest BCUT2D eigenvalue weighted by Crippen LogP contribution is 2.01. The van der Waals surface area contributed by atoms with Gasteiger partial charge in [-0.1, -0.05) is 38.0 Å². The van der Waals surface area contributed by atoms with Crippen LogP contribution < -0.4 is 0 Å². The maximum atomic E-state index is 11.0. The summed E-state index contributed by atoms with van der Waals surface area (Å²) in [5.74, 6) is -1.31. The molecule has 0 spiro atoms. The molecule has 0 fully saturated rings. The average molecular weight is 238 g/mol. The van der Waals surface area contributed by atoms with Gasteiger partial charge in [-0.15, -0.1) is 0 Å². The molecular weight excluding hydrogens is 220 g/mol. The predicted octanol–water partition coefficient (Wildman–Crippen LogP) is 2.50. The van der Waals surface area contributed by atoms with Gasteiger partial charge in [0.1, 0.15) is 0 Å². The Morgan fingerprint density at radius 3 is 2.24 bits per heavy atom. The van der Waals surface area contributed by atoms with Crippen molar-refractivity contribution in [3.05, 3.63) is 49.6 Å². The zero-order valence-electron chi connectivity index (χ0n) is 10.0. The second-order valence-electron chi connectivity index (χ2n) is 2.73. The quantitative estimate of drug-likeness (QED) is 0.438. The Balaban J connectivity index is 0. The molecule has 0 aromatic rings. The molecule has 0 aromatic heterocycles. The third-order valence-corrected chi connectivity index (χ3v) is 1.38. The molecule has 4 heteroatoms. The van der Waals surface area contributed by atoms with E-state index in [1.54, 1.807) is 19.1 Å². The van der Waals surface area contributed by atoms with Gasteiger partial charge < -0.3 is 9.84 Å². The smallest absolute Gasteiger partial charge is 0.333 e. The van der Waals surface area contributed by atoms with Crippen molar-refractivity contribution in [2.24, 2.45) is 0 Å². The molecule has 0 atom stereocenters. The molecule has 0 unspecified atom stereocenters. The minimum atomic E-state index is -0.981. The van der Waals surface area contributed by atoms with Crippen LogP contribution in [0.1, 0.15) is 13.3 Å². The number of rotatable bonds is 6. The van der Waals surface area contributed by atoms with E-state index in [-0.39, 0.29) is 5.97 Å². The number of carbonyl (C=O) groups is 2. The highest BCUT2D eigenvalue weighted by atomic mass is 16.5. The molecule has 0 aliphatic carbocycles. The number of carboxylic acid groups (broad SMARTS) is 1. The number of hydrogen-bond acceptors (Lipinski definition) is 3. The fourth-order valence-corrected chi connectivity index (χ4v) is 0.623. The SMILES string of the molecule is C=CC(=O)O.C=CC=CCC(=C)C(=O)OCC. The lowest BCUT2D eigenvalue weighted by atomic mass is 10.2. The Hall–Kier alpha value is -2.10. The number of carboxylic acids is 1. The van der Waals surface area contributed by atoms with Gasteiger partial charge >= 0.3 is 11.9 Å². The van der Waals surface area contributed by atoms with Gasteiger partial charge in [0.05, 0.1) is 6.61 Å². The molecule has 0 aliphatic heterocycles. The van der Waals surface area contributed by atoms with Gasteiger partial charge in [0.2, 0.25) is 0 Å². The largest absolute Gasteiger partial charge is 0.478 e. The maximum absolute atomic E-state index is 11.0. The van der Waals surface area contributed by atoms with Crippen LogP contribution in [0.15, 0.2) is 49.6 Å². The van der Waals surface area contributed by atoms with Crippen molar-refractivity contribution >= 4 is 11.9 Å². The van der Waals surface area contributed by atoms with Gasteiger partial charge in [0.15, 0.2) is 0 Å². The molecule has 1 N–H and O–H groups in total. The van der Waals surface area contributed by atoms with E-state index in [0.29, 0.717) is 18.6 Å². The van der Waals surface area contributed by atoms with Gasteiger partial charge in [0.25, 0.3) is 0 Å². The number of hydrogen-bond donors (Lipinski definition) is 1. The molecule has 0 amide bonds. The fraction of sp³-hybridized carbons (Fsp3) is 0.231. The van der Waals surface area contributed by atoms with E-state index in [0.717, 1.165) is 6.08 Å². The van der Waals surface area contributed by atoms with E-state index >= 15 is 0 Å². The second-order valence-corrected chi connectivity index (χ2v) is 2.73. The zero-order valence-corrected chi connectivity index (χ0v) is 10.0. The Morgan fingerprint density at radius 1 is 1.35 bits per heavy atom. The van der Waals surface area contributed by atoms with E-state index in [1.807, 2.05) is 6.08 Å². The van der Waals surface area contributed by atoms with Crippen LogP contribution in [0.4, 0.5) is 0 Å². The average Bonchev–Trinajstić information content (AvgIpc) is 2.30. The number of esters is 1. The molecule has 0 aliphatic rings. The molecule has 0 aromatic carbocycles. The molecular formula is C13H18O4. The molecule has 0 saturated carbocycles. The first kappa shape index (κ1) is 17.3. The lowest BCUT2D eigenvalue weighted by Crippen LogP contribution is -2.05. The van der Waals surface area contributed by atoms with Crippen LogP contribution in [0.2, 0.25) is 0 Å². The van der Waals surface area contributed by atoms with E-state index < -0.39 is 5.97 Å². The minimum Gasteiger partial charge on any atom is -0.478 e. The molecule has 0 bridgehead atoms. The highest BCUT2D eigenvalue weighted by molar-refractivity contribution is 5.87. The lowest BCUT2D eigenvalue weighted by molar-refractivity contribution is -0.138. The molecule has 4 nitrogen and oxygen atoms in total. The van der Waals surface area contributed by atoms with Crippen LogP contribution in [0.25, 0.3) is 0 Å². The molecule has 0 rings (SSSR count). The van der Waals surface area contributed by atoms with Gasteiger partial charge in [-0.25, -0.2) is 9.59 Å². The lowest BCUT2D eigenvalue weighted by Gasteiger charge is -2.00. The Kier molecular flexibility index (Phi) is 12.2. The van der Waals surface area contributed by atoms with Crippen LogP contribution >= 0.6 is 0 Å². The Bertz CT molecular complexity index is 313. The summed E-state index contributed by atoms with van der Waals surface area (Å²) in [5.41, 5.74) is 0.468. The van der Waals surface area contributed by atoms with Gasteiger partial charge in [-0.05, 0) is 13.3 Å². The van der Waals surface area contributed by atoms with Crippen molar-refractivity contribution in [1.29, 1.82) is 0 Å². The van der Waals surface area contributed by atoms with Crippen molar-refractivity contribution in [3.8, 4) is 0 Å². The molecule has 94 valence electrons. The van der Waals surface area contributed by atoms with Gasteiger partial charge in [-0.3, -0.25) is 0 Å². The summed E-state index contributed by atoms with van der Waals surface area (Å²) in [4.78, 5) is 20.2. The molecule has 17 heavy (non-hydrogen) atoms. The summed E-state index contributed by atoms with van der Waals surface area (Å²) in [6.45, 7) is 12.2. The summed E-state index contributed by atoms with van der Waals surface area (Å²) in [6.07, 6.45) is 6.58. The monoisotopic (exact) mass is 238 g/mol. The predicted molar refractivity (Wildman–Crippen MR) is 67.6 cm³/mol. The number of aliphatic carboxylic acids is 1. The standard InChI is InChI=1S/C10H14O2.C3H4O2/c1-4-6-7-8-9(3)10(11)12-5-2;1-2-3(4)5/h4,6-7H,1,3,5,8H2,2H3;2H,1H2,(H,4,5). The first-order valence-electron chi connectivity index (χ1n) is 4.97. The second kappa shape index (κ2) is 12.0. The van der Waals surface area contributed by atoms with E-state index in [4.69, 9.17) is 9.84 Å². The highest BCUT2D eigenvalue weighted by Gasteiger charge is 2.04. The molecule has 0 radical (unpaired) electrons. The van der Waals surface area contributed by atoms with E-state index in [9.17, 15) is 9.59 Å². The normalized spacial score (nSPS) is 8.76. The summed E-state index contributed by atoms with van der Waals surface area (Å²) in [7, 11) is 0. The summed E-state index contributed by atoms with van der Waals surface area (Å²) in [6, 6.07) is 0. The van der Waals surface area contributed by atoms with E-state index in [2.05, 4.69) is 19.7 Å². The van der Waals surface area contributed by atoms with Gasteiger partial charge in [-0.2, -0.15) is 0 Å². The van der Waals surface area contributed by atoms with Gasteiger partial charge in [0, 0.05) is 11.6 Å². The van der Waals surface area contributed by atoms with Crippen LogP contribution in [-0.2, 0) is 14.3 Å². The summed E-state index contributed by atoms with van der Waals surface area (Å²) < 4.78 is 4.74. The minimum absolute atomic E-state index is 0.328. The third-order valence-electron chi connectivity index (χ3n) is 1.38. The number of carbonyl (C=O) groups excluding carboxylic acids is 1. The van der Waals surface area contributed by atoms with Crippen molar-refractivity contribution < 1.29 is 19.4 Å². The van der Waals surface area contributed by atoms with Crippen LogP contribution in [0, 0.1) is 0 Å². The van der Waals surface area contributed by atoms with Crippen molar-refractivity contribution in [3.63, 3.8) is 0 Å². The van der Waals surface area contributed by atoms with E-state index in [1.165, 1.54) is 0 Å². The summed E-state index contributed by atoms with van der Waals surface area (Å²) >= 11 is 0. The van der Waals surface area contributed by atoms with Crippen molar-refractivity contribution in [1.82, 2.24) is 0 Å². The third kappa shape index (κ3) is 13.9. The van der Waals surface area contributed by atoms with Crippen LogP contribution in [0.5, 0.6) is 0 Å². The Labute approximate surface area is 102 Å². The maximum Gasteiger partial charge on any atom is 0.333 e. The molecule has 0 saturated heterocycles. The Morgan fingerprint density at radius 2 is 1.88 bits per heavy atom. The molecule has 0 heterocycles. The van der Waals surface area contributed by atoms with Crippen molar-refractivity contribution in [2.45, 2.75) is 13.3 Å². The fourth-order valence-electron chi connectivity index (χ4n) is 0.623. The first-order valence-corrected chi connectivity index (χ1v) is 4.97. The van der Waals surface area contributed by atoms with Crippen LogP contribution in [-0.4, -0.2) is 23.7 Å². The van der Waals surface area contributed by atoms with Crippen LogP contribution in [0.3, 0.4) is 0 Å². The zero-order chi connectivity index (χ0) is 13.7. The van der Waals surface area contributed by atoms with Crippen molar-refractivity contribution in [2.75, 3.05) is 6.61 Å².